The number of fused-ring (bicyclic) bond motifs is 1. The van der Waals surface area contributed by atoms with Gasteiger partial charge in [0.1, 0.15) is 11.9 Å². The smallest absolute Gasteiger partial charge is 0.129 e. The van der Waals surface area contributed by atoms with Gasteiger partial charge in [0.15, 0.2) is 0 Å². The second-order valence-corrected chi connectivity index (χ2v) is 6.18. The van der Waals surface area contributed by atoms with Crippen LogP contribution in [0.2, 0.25) is 0 Å². The zero-order valence-electron chi connectivity index (χ0n) is 12.3. The number of hydrogen-bond donors (Lipinski definition) is 1. The van der Waals surface area contributed by atoms with E-state index in [9.17, 15) is 0 Å². The summed E-state index contributed by atoms with van der Waals surface area (Å²) in [6.45, 7) is 6.05. The van der Waals surface area contributed by atoms with Crippen LogP contribution in [0.15, 0.2) is 35.1 Å². The summed E-state index contributed by atoms with van der Waals surface area (Å²) in [4.78, 5) is 0. The van der Waals surface area contributed by atoms with Gasteiger partial charge in [-0.3, -0.25) is 4.68 Å². The highest BCUT2D eigenvalue weighted by atomic mass is 79.9. The second kappa shape index (κ2) is 6.20. The van der Waals surface area contributed by atoms with E-state index in [0.29, 0.717) is 6.04 Å². The number of nitrogens with zero attached hydrogens (tertiary/aromatic N) is 2. The molecule has 0 saturated heterocycles. The molecule has 1 aromatic heterocycles. The molecule has 112 valence electrons. The van der Waals surface area contributed by atoms with Crippen molar-refractivity contribution in [1.29, 1.82) is 0 Å². The summed E-state index contributed by atoms with van der Waals surface area (Å²) in [5.74, 6) is 0.963. The molecule has 1 aliphatic heterocycles. The minimum Gasteiger partial charge on any atom is -0.485 e. The molecule has 0 amide bonds. The first-order valence-corrected chi connectivity index (χ1v) is 8.22. The van der Waals surface area contributed by atoms with E-state index in [-0.39, 0.29) is 6.10 Å². The van der Waals surface area contributed by atoms with Gasteiger partial charge in [0.25, 0.3) is 0 Å². The molecule has 0 bridgehead atoms. The molecule has 0 radical (unpaired) electrons. The average Bonchev–Trinajstić information content (AvgIpc) is 2.97. The first-order valence-electron chi connectivity index (χ1n) is 7.43. The Kier molecular flexibility index (Phi) is 4.31. The van der Waals surface area contributed by atoms with Crippen LogP contribution in [0.4, 0.5) is 0 Å². The van der Waals surface area contributed by atoms with Crippen LogP contribution < -0.4 is 10.1 Å². The lowest BCUT2D eigenvalue weighted by Crippen LogP contribution is -2.28. The third kappa shape index (κ3) is 2.99. The highest BCUT2D eigenvalue weighted by Crippen LogP contribution is 2.41. The molecule has 0 spiro atoms. The van der Waals surface area contributed by atoms with Crippen LogP contribution >= 0.6 is 15.9 Å². The Labute approximate surface area is 133 Å². The van der Waals surface area contributed by atoms with Crippen LogP contribution in [0.1, 0.15) is 43.5 Å². The third-order valence-electron chi connectivity index (χ3n) is 3.87. The predicted molar refractivity (Wildman–Crippen MR) is 86.4 cm³/mol. The van der Waals surface area contributed by atoms with Gasteiger partial charge >= 0.3 is 0 Å². The molecule has 0 fully saturated rings. The molecular formula is C16H20BrN3O. The largest absolute Gasteiger partial charge is 0.485 e. The molecule has 3 rings (SSSR count). The van der Waals surface area contributed by atoms with E-state index in [4.69, 9.17) is 4.74 Å². The van der Waals surface area contributed by atoms with Crippen molar-refractivity contribution in [1.82, 2.24) is 15.1 Å². The molecule has 2 atom stereocenters. The van der Waals surface area contributed by atoms with Gasteiger partial charge in [0, 0.05) is 40.8 Å². The summed E-state index contributed by atoms with van der Waals surface area (Å²) in [6.07, 6.45) is 4.98. The molecule has 0 saturated carbocycles. The van der Waals surface area contributed by atoms with Crippen molar-refractivity contribution < 1.29 is 4.74 Å². The van der Waals surface area contributed by atoms with Crippen molar-refractivity contribution in [3.63, 3.8) is 0 Å². The first kappa shape index (κ1) is 14.6. The Balaban J connectivity index is 1.91. The number of rotatable bonds is 4. The fourth-order valence-corrected chi connectivity index (χ4v) is 3.18. The minimum absolute atomic E-state index is 0.0584. The standard InChI is InChI=1S/C16H20BrN3O/c1-3-18-14-8-16(11-9-19-20(4-2)10-11)21-15-6-5-12(17)7-13(14)15/h5-7,9-10,14,16,18H,3-4,8H2,1-2H3. The second-order valence-electron chi connectivity index (χ2n) is 5.26. The van der Waals surface area contributed by atoms with Gasteiger partial charge in [-0.1, -0.05) is 22.9 Å². The number of benzene rings is 1. The van der Waals surface area contributed by atoms with Gasteiger partial charge in [-0.25, -0.2) is 0 Å². The van der Waals surface area contributed by atoms with Gasteiger partial charge in [0.2, 0.25) is 0 Å². The van der Waals surface area contributed by atoms with Crippen molar-refractivity contribution >= 4 is 15.9 Å². The molecule has 1 aliphatic rings. The number of aromatic nitrogens is 2. The average molecular weight is 350 g/mol. The van der Waals surface area contributed by atoms with Crippen LogP contribution in [-0.4, -0.2) is 16.3 Å². The van der Waals surface area contributed by atoms with Crippen molar-refractivity contribution in [3.05, 3.63) is 46.2 Å². The van der Waals surface area contributed by atoms with Crippen LogP contribution in [0.3, 0.4) is 0 Å². The van der Waals surface area contributed by atoms with Crippen molar-refractivity contribution in [2.45, 2.75) is 39.0 Å². The maximum atomic E-state index is 6.19. The number of ether oxygens (including phenoxy) is 1. The first-order chi connectivity index (χ1) is 10.2. The summed E-state index contributed by atoms with van der Waals surface area (Å²) in [7, 11) is 0. The molecule has 5 heteroatoms. The summed E-state index contributed by atoms with van der Waals surface area (Å²) in [5.41, 5.74) is 2.37. The monoisotopic (exact) mass is 349 g/mol. The highest BCUT2D eigenvalue weighted by molar-refractivity contribution is 9.10. The highest BCUT2D eigenvalue weighted by Gasteiger charge is 2.29. The summed E-state index contributed by atoms with van der Waals surface area (Å²) >= 11 is 3.55. The van der Waals surface area contributed by atoms with Gasteiger partial charge < -0.3 is 10.1 Å². The molecule has 2 heterocycles. The van der Waals surface area contributed by atoms with E-state index in [1.165, 1.54) is 5.56 Å². The summed E-state index contributed by atoms with van der Waals surface area (Å²) in [5, 5.41) is 7.92. The molecule has 1 aromatic carbocycles. The van der Waals surface area contributed by atoms with Crippen LogP contribution in [0, 0.1) is 0 Å². The minimum atomic E-state index is 0.0584. The van der Waals surface area contributed by atoms with Crippen LogP contribution in [0.5, 0.6) is 5.75 Å². The fraction of sp³-hybridized carbons (Fsp3) is 0.438. The van der Waals surface area contributed by atoms with Crippen LogP contribution in [0.25, 0.3) is 0 Å². The number of aryl methyl sites for hydroxylation is 1. The van der Waals surface area contributed by atoms with Gasteiger partial charge in [-0.05, 0) is 31.7 Å². The van der Waals surface area contributed by atoms with E-state index in [1.807, 2.05) is 23.0 Å². The topological polar surface area (TPSA) is 39.1 Å². The predicted octanol–water partition coefficient (Wildman–Crippen LogP) is 3.84. The number of hydrogen-bond acceptors (Lipinski definition) is 3. The maximum Gasteiger partial charge on any atom is 0.129 e. The van der Waals surface area contributed by atoms with E-state index in [0.717, 1.165) is 35.3 Å². The molecule has 1 N–H and O–H groups in total. The van der Waals surface area contributed by atoms with E-state index >= 15 is 0 Å². The molecule has 0 aliphatic carbocycles. The summed E-state index contributed by atoms with van der Waals surface area (Å²) < 4.78 is 9.22. The Morgan fingerprint density at radius 2 is 2.29 bits per heavy atom. The normalized spacial score (nSPS) is 20.9. The third-order valence-corrected chi connectivity index (χ3v) is 4.36. The zero-order chi connectivity index (χ0) is 14.8. The molecule has 2 aromatic rings. The number of nitrogens with one attached hydrogen (secondary N) is 1. The Morgan fingerprint density at radius 3 is 3.00 bits per heavy atom. The van der Waals surface area contributed by atoms with Crippen LogP contribution in [-0.2, 0) is 6.54 Å². The van der Waals surface area contributed by atoms with Crippen molar-refractivity contribution in [2.24, 2.45) is 0 Å². The van der Waals surface area contributed by atoms with E-state index in [1.54, 1.807) is 0 Å². The maximum absolute atomic E-state index is 6.19. The lowest BCUT2D eigenvalue weighted by molar-refractivity contribution is 0.152. The molecule has 2 unspecified atom stereocenters. The van der Waals surface area contributed by atoms with E-state index in [2.05, 4.69) is 52.5 Å². The Hall–Kier alpha value is -1.33. The molecule has 4 nitrogen and oxygen atoms in total. The molecule has 21 heavy (non-hydrogen) atoms. The van der Waals surface area contributed by atoms with Crippen molar-refractivity contribution in [3.8, 4) is 5.75 Å². The van der Waals surface area contributed by atoms with Gasteiger partial charge in [-0.15, -0.1) is 0 Å². The van der Waals surface area contributed by atoms with Crippen molar-refractivity contribution in [2.75, 3.05) is 6.54 Å². The zero-order valence-corrected chi connectivity index (χ0v) is 13.9. The summed E-state index contributed by atoms with van der Waals surface area (Å²) in [6, 6.07) is 6.53. The fourth-order valence-electron chi connectivity index (χ4n) is 2.80. The van der Waals surface area contributed by atoms with Gasteiger partial charge in [-0.2, -0.15) is 5.10 Å². The lowest BCUT2D eigenvalue weighted by atomic mass is 9.94. The lowest BCUT2D eigenvalue weighted by Gasteiger charge is -2.32. The Morgan fingerprint density at radius 1 is 1.43 bits per heavy atom. The molecular weight excluding hydrogens is 330 g/mol. The van der Waals surface area contributed by atoms with Gasteiger partial charge in [0.05, 0.1) is 6.20 Å². The quantitative estimate of drug-likeness (QED) is 0.911. The number of halogens is 1. The Bertz CT molecular complexity index is 626. The van der Waals surface area contributed by atoms with E-state index < -0.39 is 0 Å². The SMILES string of the molecule is CCNC1CC(c2cnn(CC)c2)Oc2ccc(Br)cc21.